The van der Waals surface area contributed by atoms with Crippen LogP contribution in [-0.4, -0.2) is 24.0 Å². The molecule has 0 aliphatic rings. The Kier molecular flexibility index (Phi) is 7.35. The summed E-state index contributed by atoms with van der Waals surface area (Å²) in [7, 11) is 0. The quantitative estimate of drug-likeness (QED) is 0.581. The summed E-state index contributed by atoms with van der Waals surface area (Å²) in [6.07, 6.45) is 3.18. The van der Waals surface area contributed by atoms with Crippen molar-refractivity contribution in [1.29, 1.82) is 0 Å². The fourth-order valence-electron chi connectivity index (χ4n) is 1.24. The lowest BCUT2D eigenvalue weighted by atomic mass is 10.2. The predicted molar refractivity (Wildman–Crippen MR) is 65.7 cm³/mol. The molecule has 0 aliphatic carbocycles. The third kappa shape index (κ3) is 5.90. The third-order valence-electron chi connectivity index (χ3n) is 2.35. The summed E-state index contributed by atoms with van der Waals surface area (Å²) >= 11 is 0. The SMILES string of the molecule is CCC(CC)=NCC(C)/N=C(/C)CC. The highest BCUT2D eigenvalue weighted by Crippen LogP contribution is 1.98. The zero-order chi connectivity index (χ0) is 11.0. The second-order valence-corrected chi connectivity index (χ2v) is 3.68. The average Bonchev–Trinajstić information content (AvgIpc) is 2.19. The summed E-state index contributed by atoms with van der Waals surface area (Å²) in [6.45, 7) is 11.5. The molecule has 0 saturated carbocycles. The van der Waals surface area contributed by atoms with Gasteiger partial charge in [-0.15, -0.1) is 0 Å². The van der Waals surface area contributed by atoms with E-state index < -0.39 is 0 Å². The van der Waals surface area contributed by atoms with E-state index >= 15 is 0 Å². The number of aliphatic imine (C=N–C) groups is 2. The minimum atomic E-state index is 0.336. The largest absolute Gasteiger partial charge is 0.292 e. The van der Waals surface area contributed by atoms with E-state index in [-0.39, 0.29) is 0 Å². The highest BCUT2D eigenvalue weighted by Gasteiger charge is 1.98. The zero-order valence-corrected chi connectivity index (χ0v) is 10.3. The van der Waals surface area contributed by atoms with E-state index in [0.29, 0.717) is 6.04 Å². The Morgan fingerprint density at radius 1 is 1.07 bits per heavy atom. The maximum atomic E-state index is 4.56. The van der Waals surface area contributed by atoms with Gasteiger partial charge in [-0.05, 0) is 33.1 Å². The Morgan fingerprint density at radius 3 is 2.07 bits per heavy atom. The van der Waals surface area contributed by atoms with Crippen molar-refractivity contribution >= 4 is 11.4 Å². The summed E-state index contributed by atoms with van der Waals surface area (Å²) in [4.78, 5) is 9.10. The van der Waals surface area contributed by atoms with E-state index in [1.165, 1.54) is 11.4 Å². The lowest BCUT2D eigenvalue weighted by Crippen LogP contribution is -2.08. The van der Waals surface area contributed by atoms with Gasteiger partial charge in [0.2, 0.25) is 0 Å². The molecule has 0 heterocycles. The van der Waals surface area contributed by atoms with Crippen LogP contribution in [0.15, 0.2) is 9.98 Å². The van der Waals surface area contributed by atoms with Crippen LogP contribution in [0, 0.1) is 0 Å². The highest BCUT2D eigenvalue weighted by molar-refractivity contribution is 5.84. The Labute approximate surface area is 88.5 Å². The molecule has 0 aromatic heterocycles. The molecule has 0 rings (SSSR count). The molecule has 82 valence electrons. The van der Waals surface area contributed by atoms with Crippen LogP contribution < -0.4 is 0 Å². The number of hydrogen-bond donors (Lipinski definition) is 0. The summed E-state index contributed by atoms with van der Waals surface area (Å²) in [5, 5.41) is 0. The molecule has 0 radical (unpaired) electrons. The van der Waals surface area contributed by atoms with Crippen LogP contribution in [0.5, 0.6) is 0 Å². The fourth-order valence-corrected chi connectivity index (χ4v) is 1.24. The van der Waals surface area contributed by atoms with E-state index in [0.717, 1.165) is 25.8 Å². The molecule has 0 saturated heterocycles. The minimum absolute atomic E-state index is 0.336. The first kappa shape index (κ1) is 13.3. The van der Waals surface area contributed by atoms with Crippen molar-refractivity contribution in [3.05, 3.63) is 0 Å². The van der Waals surface area contributed by atoms with Crippen LogP contribution in [0.4, 0.5) is 0 Å². The molecule has 1 unspecified atom stereocenters. The molecule has 0 spiro atoms. The van der Waals surface area contributed by atoms with E-state index in [1.807, 2.05) is 0 Å². The van der Waals surface area contributed by atoms with Crippen LogP contribution in [-0.2, 0) is 0 Å². The molecule has 0 fully saturated rings. The van der Waals surface area contributed by atoms with Crippen molar-refractivity contribution in [1.82, 2.24) is 0 Å². The summed E-state index contributed by atoms with van der Waals surface area (Å²) < 4.78 is 0. The smallest absolute Gasteiger partial charge is 0.0665 e. The zero-order valence-electron chi connectivity index (χ0n) is 10.3. The monoisotopic (exact) mass is 196 g/mol. The van der Waals surface area contributed by atoms with Crippen molar-refractivity contribution in [2.24, 2.45) is 9.98 Å². The van der Waals surface area contributed by atoms with Crippen molar-refractivity contribution in [2.75, 3.05) is 6.54 Å². The predicted octanol–water partition coefficient (Wildman–Crippen LogP) is 3.51. The highest BCUT2D eigenvalue weighted by atomic mass is 14.9. The van der Waals surface area contributed by atoms with Crippen LogP contribution >= 0.6 is 0 Å². The Balaban J connectivity index is 4.06. The number of rotatable bonds is 6. The maximum absolute atomic E-state index is 4.56. The van der Waals surface area contributed by atoms with Gasteiger partial charge in [-0.1, -0.05) is 20.8 Å². The van der Waals surface area contributed by atoms with E-state index in [4.69, 9.17) is 0 Å². The Morgan fingerprint density at radius 2 is 1.64 bits per heavy atom. The summed E-state index contributed by atoms with van der Waals surface area (Å²) in [5.74, 6) is 0. The standard InChI is InChI=1S/C12H24N2/c1-6-10(4)14-11(5)9-13-12(7-2)8-3/h11H,6-9H2,1-5H3/b14-10-. The van der Waals surface area contributed by atoms with Gasteiger partial charge in [0.05, 0.1) is 12.6 Å². The summed E-state index contributed by atoms with van der Waals surface area (Å²) in [5.41, 5.74) is 2.53. The molecule has 2 nitrogen and oxygen atoms in total. The van der Waals surface area contributed by atoms with Crippen LogP contribution in [0.25, 0.3) is 0 Å². The fraction of sp³-hybridized carbons (Fsp3) is 0.833. The van der Waals surface area contributed by atoms with E-state index in [2.05, 4.69) is 44.6 Å². The van der Waals surface area contributed by atoms with Crippen LogP contribution in [0.2, 0.25) is 0 Å². The molecule has 2 heteroatoms. The topological polar surface area (TPSA) is 24.7 Å². The third-order valence-corrected chi connectivity index (χ3v) is 2.35. The van der Waals surface area contributed by atoms with Crippen molar-refractivity contribution < 1.29 is 0 Å². The molecule has 0 aromatic rings. The number of nitrogens with zero attached hydrogens (tertiary/aromatic N) is 2. The van der Waals surface area contributed by atoms with Gasteiger partial charge in [0.15, 0.2) is 0 Å². The molecular formula is C12H24N2. The van der Waals surface area contributed by atoms with E-state index in [9.17, 15) is 0 Å². The molecule has 0 bridgehead atoms. The lowest BCUT2D eigenvalue weighted by molar-refractivity contribution is 0.748. The molecule has 0 aliphatic heterocycles. The van der Waals surface area contributed by atoms with Crippen molar-refractivity contribution in [2.45, 2.75) is 59.9 Å². The molecular weight excluding hydrogens is 172 g/mol. The minimum Gasteiger partial charge on any atom is -0.292 e. The van der Waals surface area contributed by atoms with Gasteiger partial charge in [-0.2, -0.15) is 0 Å². The van der Waals surface area contributed by atoms with Crippen molar-refractivity contribution in [3.63, 3.8) is 0 Å². The van der Waals surface area contributed by atoms with E-state index in [1.54, 1.807) is 0 Å². The lowest BCUT2D eigenvalue weighted by Gasteiger charge is -2.06. The van der Waals surface area contributed by atoms with Gasteiger partial charge in [0, 0.05) is 11.4 Å². The average molecular weight is 196 g/mol. The molecule has 14 heavy (non-hydrogen) atoms. The van der Waals surface area contributed by atoms with Crippen LogP contribution in [0.1, 0.15) is 53.9 Å². The van der Waals surface area contributed by atoms with Gasteiger partial charge in [0.25, 0.3) is 0 Å². The Hall–Kier alpha value is -0.660. The van der Waals surface area contributed by atoms with Gasteiger partial charge >= 0.3 is 0 Å². The Bertz CT molecular complexity index is 198. The first-order valence-electron chi connectivity index (χ1n) is 5.69. The van der Waals surface area contributed by atoms with Crippen LogP contribution in [0.3, 0.4) is 0 Å². The van der Waals surface area contributed by atoms with Gasteiger partial charge < -0.3 is 0 Å². The first-order chi connectivity index (χ1) is 6.63. The van der Waals surface area contributed by atoms with Crippen molar-refractivity contribution in [3.8, 4) is 0 Å². The number of hydrogen-bond acceptors (Lipinski definition) is 2. The maximum Gasteiger partial charge on any atom is 0.0665 e. The molecule has 1 atom stereocenters. The molecule has 0 N–H and O–H groups in total. The van der Waals surface area contributed by atoms with Gasteiger partial charge in [0.1, 0.15) is 0 Å². The van der Waals surface area contributed by atoms with Gasteiger partial charge in [-0.3, -0.25) is 9.98 Å². The van der Waals surface area contributed by atoms with Gasteiger partial charge in [-0.25, -0.2) is 0 Å². The first-order valence-corrected chi connectivity index (χ1v) is 5.69. The summed E-state index contributed by atoms with van der Waals surface area (Å²) in [6, 6.07) is 0.336. The normalized spacial score (nSPS) is 13.9. The second kappa shape index (κ2) is 7.72. The second-order valence-electron chi connectivity index (χ2n) is 3.68. The molecule has 0 aromatic carbocycles. The molecule has 0 amide bonds.